The quantitative estimate of drug-likeness (QED) is 0.859. The van der Waals surface area contributed by atoms with Gasteiger partial charge < -0.3 is 10.8 Å². The van der Waals surface area contributed by atoms with Crippen LogP contribution < -0.4 is 5.73 Å². The zero-order valence-corrected chi connectivity index (χ0v) is 10.2. The molecule has 1 aromatic carbocycles. The van der Waals surface area contributed by atoms with Crippen molar-refractivity contribution in [1.82, 2.24) is 9.78 Å². The van der Waals surface area contributed by atoms with Crippen LogP contribution in [0.25, 0.3) is 5.69 Å². The van der Waals surface area contributed by atoms with Crippen LogP contribution in [0.5, 0.6) is 0 Å². The third kappa shape index (κ3) is 2.05. The average molecular weight is 243 g/mol. The first-order valence-corrected chi connectivity index (χ1v) is 6.32. The van der Waals surface area contributed by atoms with Crippen LogP contribution in [-0.4, -0.2) is 21.4 Å². The highest BCUT2D eigenvalue weighted by Crippen LogP contribution is 2.40. The van der Waals surface area contributed by atoms with Crippen molar-refractivity contribution < 1.29 is 5.11 Å². The third-order valence-corrected chi connectivity index (χ3v) is 3.41. The minimum Gasteiger partial charge on any atom is -0.387 e. The normalized spacial score (nSPS) is 16.8. The Morgan fingerprint density at radius 1 is 1.28 bits per heavy atom. The summed E-state index contributed by atoms with van der Waals surface area (Å²) >= 11 is 0. The van der Waals surface area contributed by atoms with Gasteiger partial charge in [-0.15, -0.1) is 0 Å². The van der Waals surface area contributed by atoms with Crippen LogP contribution in [0.15, 0.2) is 36.5 Å². The number of rotatable bonds is 4. The predicted molar refractivity (Wildman–Crippen MR) is 69.6 cm³/mol. The van der Waals surface area contributed by atoms with Crippen LogP contribution in [0.2, 0.25) is 0 Å². The van der Waals surface area contributed by atoms with E-state index in [2.05, 4.69) is 11.2 Å². The highest BCUT2D eigenvalue weighted by molar-refractivity contribution is 5.37. The van der Waals surface area contributed by atoms with Crippen molar-refractivity contribution in [3.63, 3.8) is 0 Å². The summed E-state index contributed by atoms with van der Waals surface area (Å²) in [4.78, 5) is 0. The fourth-order valence-electron chi connectivity index (χ4n) is 2.19. The number of hydrogen-bond donors (Lipinski definition) is 2. The third-order valence-electron chi connectivity index (χ3n) is 3.41. The molecule has 1 atom stereocenters. The fraction of sp³-hybridized carbons (Fsp3) is 0.357. The van der Waals surface area contributed by atoms with E-state index in [1.807, 2.05) is 35.1 Å². The molecule has 3 rings (SSSR count). The molecule has 0 saturated heterocycles. The Morgan fingerprint density at radius 3 is 2.61 bits per heavy atom. The van der Waals surface area contributed by atoms with Gasteiger partial charge in [0.05, 0.1) is 11.8 Å². The molecule has 4 heteroatoms. The van der Waals surface area contributed by atoms with Crippen molar-refractivity contribution in [3.05, 3.63) is 47.8 Å². The molecule has 1 unspecified atom stereocenters. The molecular formula is C14H17N3O. The van der Waals surface area contributed by atoms with Crippen LogP contribution in [0.4, 0.5) is 0 Å². The molecule has 4 nitrogen and oxygen atoms in total. The number of aliphatic hydroxyl groups is 1. The summed E-state index contributed by atoms with van der Waals surface area (Å²) in [6.07, 6.45) is 3.78. The zero-order valence-electron chi connectivity index (χ0n) is 10.2. The predicted octanol–water partition coefficient (Wildman–Crippen LogP) is 1.74. The molecule has 1 fully saturated rings. The molecule has 0 radical (unpaired) electrons. The SMILES string of the molecule is NCC(O)c1ccc(-n2nccc2C2CC2)cc1. The molecule has 0 aliphatic heterocycles. The van der Waals surface area contributed by atoms with E-state index in [1.54, 1.807) is 0 Å². The monoisotopic (exact) mass is 243 g/mol. The minimum absolute atomic E-state index is 0.244. The maximum absolute atomic E-state index is 9.66. The van der Waals surface area contributed by atoms with E-state index in [4.69, 9.17) is 5.73 Å². The van der Waals surface area contributed by atoms with Gasteiger partial charge in [-0.2, -0.15) is 5.10 Å². The van der Waals surface area contributed by atoms with E-state index < -0.39 is 6.10 Å². The summed E-state index contributed by atoms with van der Waals surface area (Å²) < 4.78 is 1.98. The van der Waals surface area contributed by atoms with Gasteiger partial charge in [0, 0.05) is 24.4 Å². The summed E-state index contributed by atoms with van der Waals surface area (Å²) in [6, 6.07) is 9.86. The lowest BCUT2D eigenvalue weighted by atomic mass is 10.1. The Hall–Kier alpha value is -1.65. The van der Waals surface area contributed by atoms with E-state index in [9.17, 15) is 5.11 Å². The molecule has 18 heavy (non-hydrogen) atoms. The van der Waals surface area contributed by atoms with Gasteiger partial charge in [-0.25, -0.2) is 4.68 Å². The highest BCUT2D eigenvalue weighted by atomic mass is 16.3. The second kappa shape index (κ2) is 4.55. The molecule has 1 aromatic heterocycles. The van der Waals surface area contributed by atoms with Crippen LogP contribution in [-0.2, 0) is 0 Å². The second-order valence-electron chi connectivity index (χ2n) is 4.79. The summed E-state index contributed by atoms with van der Waals surface area (Å²) in [7, 11) is 0. The summed E-state index contributed by atoms with van der Waals surface area (Å²) in [5.41, 5.74) is 8.61. The van der Waals surface area contributed by atoms with Crippen LogP contribution >= 0.6 is 0 Å². The summed E-state index contributed by atoms with van der Waals surface area (Å²) in [5.74, 6) is 0.668. The lowest BCUT2D eigenvalue weighted by molar-refractivity contribution is 0.187. The van der Waals surface area contributed by atoms with Gasteiger partial charge in [0.2, 0.25) is 0 Å². The van der Waals surface area contributed by atoms with Crippen molar-refractivity contribution in [1.29, 1.82) is 0 Å². The number of nitrogens with two attached hydrogens (primary N) is 1. The van der Waals surface area contributed by atoms with E-state index in [1.165, 1.54) is 18.5 Å². The Kier molecular flexibility index (Phi) is 2.89. The Labute approximate surface area is 106 Å². The van der Waals surface area contributed by atoms with Crippen molar-refractivity contribution in [2.75, 3.05) is 6.54 Å². The van der Waals surface area contributed by atoms with Gasteiger partial charge in [0.25, 0.3) is 0 Å². The summed E-state index contributed by atoms with van der Waals surface area (Å²) in [5, 5.41) is 14.0. The molecule has 1 aliphatic carbocycles. The Morgan fingerprint density at radius 2 is 2.00 bits per heavy atom. The highest BCUT2D eigenvalue weighted by Gasteiger charge is 2.27. The first-order chi connectivity index (χ1) is 8.79. The minimum atomic E-state index is -0.584. The molecule has 1 aliphatic rings. The van der Waals surface area contributed by atoms with Crippen LogP contribution in [0.3, 0.4) is 0 Å². The molecule has 0 amide bonds. The van der Waals surface area contributed by atoms with Gasteiger partial charge >= 0.3 is 0 Å². The number of aromatic nitrogens is 2. The van der Waals surface area contributed by atoms with Gasteiger partial charge in [-0.05, 0) is 36.6 Å². The molecular weight excluding hydrogens is 226 g/mol. The maximum atomic E-state index is 9.66. The Balaban J connectivity index is 1.90. The van der Waals surface area contributed by atoms with Crippen molar-refractivity contribution in [3.8, 4) is 5.69 Å². The lowest BCUT2D eigenvalue weighted by Gasteiger charge is -2.10. The maximum Gasteiger partial charge on any atom is 0.0912 e. The lowest BCUT2D eigenvalue weighted by Crippen LogP contribution is -2.11. The molecule has 94 valence electrons. The van der Waals surface area contributed by atoms with E-state index in [0.717, 1.165) is 11.3 Å². The average Bonchev–Trinajstić information content (AvgIpc) is 3.15. The summed E-state index contributed by atoms with van der Waals surface area (Å²) in [6.45, 7) is 0.244. The van der Waals surface area contributed by atoms with Crippen molar-refractivity contribution in [2.24, 2.45) is 5.73 Å². The van der Waals surface area contributed by atoms with Crippen LogP contribution in [0.1, 0.15) is 36.1 Å². The Bertz CT molecular complexity index is 528. The number of nitrogens with zero attached hydrogens (tertiary/aromatic N) is 2. The van der Waals surface area contributed by atoms with Crippen LogP contribution in [0, 0.1) is 0 Å². The smallest absolute Gasteiger partial charge is 0.0912 e. The molecule has 1 heterocycles. The first-order valence-electron chi connectivity index (χ1n) is 6.32. The van der Waals surface area contributed by atoms with Crippen molar-refractivity contribution in [2.45, 2.75) is 24.9 Å². The van der Waals surface area contributed by atoms with E-state index in [0.29, 0.717) is 5.92 Å². The molecule has 1 saturated carbocycles. The number of hydrogen-bond acceptors (Lipinski definition) is 3. The first kappa shape index (κ1) is 11.4. The van der Waals surface area contributed by atoms with Gasteiger partial charge in [-0.1, -0.05) is 12.1 Å². The fourth-order valence-corrected chi connectivity index (χ4v) is 2.19. The molecule has 0 spiro atoms. The largest absolute Gasteiger partial charge is 0.387 e. The van der Waals surface area contributed by atoms with Gasteiger partial charge in [0.1, 0.15) is 0 Å². The standard InChI is InChI=1S/C14H17N3O/c15-9-14(18)11-3-5-12(6-4-11)17-13(7-8-16-17)10-1-2-10/h3-8,10,14,18H,1-2,9,15H2. The molecule has 2 aromatic rings. The number of aliphatic hydroxyl groups excluding tert-OH is 1. The zero-order chi connectivity index (χ0) is 12.5. The second-order valence-corrected chi connectivity index (χ2v) is 4.79. The molecule has 0 bridgehead atoms. The van der Waals surface area contributed by atoms with Crippen molar-refractivity contribution >= 4 is 0 Å². The van der Waals surface area contributed by atoms with Gasteiger partial charge in [0.15, 0.2) is 0 Å². The van der Waals surface area contributed by atoms with E-state index >= 15 is 0 Å². The van der Waals surface area contributed by atoms with Gasteiger partial charge in [-0.3, -0.25) is 0 Å². The topological polar surface area (TPSA) is 64.1 Å². The molecule has 3 N–H and O–H groups in total. The number of benzene rings is 1. The van der Waals surface area contributed by atoms with E-state index in [-0.39, 0.29) is 6.54 Å².